The van der Waals surface area contributed by atoms with Gasteiger partial charge in [0.1, 0.15) is 11.7 Å². The topological polar surface area (TPSA) is 27.3 Å². The van der Waals surface area contributed by atoms with Gasteiger partial charge in [-0.05, 0) is 76.7 Å². The number of ether oxygens (including phenoxy) is 1. The molecule has 3 heterocycles. The minimum atomic E-state index is -0.122. The van der Waals surface area contributed by atoms with Gasteiger partial charge in [-0.1, -0.05) is 127 Å². The third-order valence-electron chi connectivity index (χ3n) is 11.1. The van der Waals surface area contributed by atoms with E-state index in [9.17, 15) is 0 Å². The molecule has 242 valence electrons. The second-order valence-corrected chi connectivity index (χ2v) is 13.9. The molecule has 0 radical (unpaired) electrons. The van der Waals surface area contributed by atoms with Crippen LogP contribution in [0.1, 0.15) is 34.9 Å². The molecule has 3 heteroatoms. The summed E-state index contributed by atoms with van der Waals surface area (Å²) in [7, 11) is 0. The third-order valence-corrected chi connectivity index (χ3v) is 11.1. The molecule has 0 spiro atoms. The fourth-order valence-corrected chi connectivity index (χ4v) is 8.85. The van der Waals surface area contributed by atoms with E-state index in [1.54, 1.807) is 0 Å². The fraction of sp³-hybridized carbons (Fsp3) is 0.0833. The Bertz CT molecular complexity index is 2810. The third kappa shape index (κ3) is 4.25. The van der Waals surface area contributed by atoms with E-state index in [-0.39, 0.29) is 17.9 Å². The van der Waals surface area contributed by atoms with Crippen LogP contribution in [0, 0.1) is 0 Å². The molecule has 0 fully saturated rings. The maximum Gasteiger partial charge on any atom is 0.177 e. The smallest absolute Gasteiger partial charge is 0.177 e. The summed E-state index contributed by atoms with van der Waals surface area (Å²) in [5, 5.41) is 4.81. The summed E-state index contributed by atoms with van der Waals surface area (Å²) in [5.41, 5.74) is 12.8. The van der Waals surface area contributed by atoms with Crippen molar-refractivity contribution in [3.05, 3.63) is 187 Å². The summed E-state index contributed by atoms with van der Waals surface area (Å²) in [4.78, 5) is 0. The van der Waals surface area contributed by atoms with E-state index in [1.165, 1.54) is 66.3 Å². The Morgan fingerprint density at radius 1 is 0.627 bits per heavy atom. The van der Waals surface area contributed by atoms with Crippen molar-refractivity contribution in [2.45, 2.75) is 24.4 Å². The van der Waals surface area contributed by atoms with Gasteiger partial charge in [-0.15, -0.1) is 0 Å². The molecule has 6 aromatic carbocycles. The van der Waals surface area contributed by atoms with E-state index in [2.05, 4.69) is 174 Å². The zero-order valence-corrected chi connectivity index (χ0v) is 27.9. The number of furan rings is 1. The Labute approximate surface area is 295 Å². The molecular weight excluding hydrogens is 623 g/mol. The molecule has 0 amide bonds. The van der Waals surface area contributed by atoms with E-state index in [0.29, 0.717) is 0 Å². The molecule has 0 saturated heterocycles. The van der Waals surface area contributed by atoms with Gasteiger partial charge in [-0.2, -0.15) is 0 Å². The zero-order chi connectivity index (χ0) is 33.5. The van der Waals surface area contributed by atoms with Crippen molar-refractivity contribution in [3.8, 4) is 22.6 Å². The second-order valence-electron chi connectivity index (χ2n) is 13.9. The highest BCUT2D eigenvalue weighted by Crippen LogP contribution is 2.56. The van der Waals surface area contributed by atoms with E-state index in [1.807, 2.05) is 0 Å². The van der Waals surface area contributed by atoms with Gasteiger partial charge in [-0.25, -0.2) is 0 Å². The molecule has 0 bridgehead atoms. The fourth-order valence-electron chi connectivity index (χ4n) is 8.85. The normalized spacial score (nSPS) is 19.1. The van der Waals surface area contributed by atoms with Gasteiger partial charge in [-0.3, -0.25) is 0 Å². The zero-order valence-electron chi connectivity index (χ0n) is 27.9. The van der Waals surface area contributed by atoms with Gasteiger partial charge < -0.3 is 13.7 Å². The van der Waals surface area contributed by atoms with Crippen LogP contribution in [-0.4, -0.2) is 10.7 Å². The van der Waals surface area contributed by atoms with Crippen LogP contribution in [0.5, 0.6) is 5.75 Å². The Morgan fingerprint density at radius 2 is 1.39 bits per heavy atom. The number of allylic oxidation sites excluding steroid dienone is 6. The first-order valence-electron chi connectivity index (χ1n) is 17.9. The molecule has 0 N–H and O–H groups in total. The summed E-state index contributed by atoms with van der Waals surface area (Å²) >= 11 is 0. The predicted octanol–water partition coefficient (Wildman–Crippen LogP) is 12.4. The number of hydrogen-bond acceptors (Lipinski definition) is 2. The maximum atomic E-state index is 6.96. The molecule has 2 aromatic heterocycles. The molecule has 2 aliphatic carbocycles. The lowest BCUT2D eigenvalue weighted by molar-refractivity contribution is 0.269. The highest BCUT2D eigenvalue weighted by Gasteiger charge is 2.41. The molecule has 0 saturated carbocycles. The number of para-hydroxylation sites is 3. The van der Waals surface area contributed by atoms with Gasteiger partial charge in [0.25, 0.3) is 0 Å². The van der Waals surface area contributed by atoms with Gasteiger partial charge in [0.05, 0.1) is 11.0 Å². The average molecular weight is 656 g/mol. The highest BCUT2D eigenvalue weighted by molar-refractivity contribution is 6.13. The van der Waals surface area contributed by atoms with Crippen molar-refractivity contribution in [3.63, 3.8) is 0 Å². The van der Waals surface area contributed by atoms with Crippen molar-refractivity contribution in [1.82, 2.24) is 4.57 Å². The second kappa shape index (κ2) is 11.1. The lowest BCUT2D eigenvalue weighted by atomic mass is 9.77. The number of fused-ring (bicyclic) bond motifs is 10. The molecule has 3 aliphatic rings. The summed E-state index contributed by atoms with van der Waals surface area (Å²) < 4.78 is 16.1. The maximum absolute atomic E-state index is 6.96. The predicted molar refractivity (Wildman–Crippen MR) is 210 cm³/mol. The van der Waals surface area contributed by atoms with Crippen LogP contribution in [-0.2, 0) is 0 Å². The van der Waals surface area contributed by atoms with Crippen LogP contribution < -0.4 is 4.74 Å². The largest absolute Gasteiger partial charge is 0.481 e. The minimum absolute atomic E-state index is 0.0241. The SMILES string of the molecule is C1=CCC(c2c(-c3ccccc3)c3c(c4oc5ccccc5c24)OC2C=CC(c4ccc5c(c4)c4ccccc4n5-c4ccccc4)=CC32)C=C1. The van der Waals surface area contributed by atoms with E-state index < -0.39 is 0 Å². The van der Waals surface area contributed by atoms with Crippen LogP contribution in [0.25, 0.3) is 66.1 Å². The molecule has 3 atom stereocenters. The first-order valence-corrected chi connectivity index (χ1v) is 17.9. The first-order chi connectivity index (χ1) is 25.3. The molecule has 3 nitrogen and oxygen atoms in total. The highest BCUT2D eigenvalue weighted by atomic mass is 16.5. The van der Waals surface area contributed by atoms with E-state index >= 15 is 0 Å². The summed E-state index contributed by atoms with van der Waals surface area (Å²) in [6.45, 7) is 0. The Morgan fingerprint density at radius 3 is 2.24 bits per heavy atom. The van der Waals surface area contributed by atoms with Crippen molar-refractivity contribution in [2.75, 3.05) is 0 Å². The number of aromatic nitrogens is 1. The van der Waals surface area contributed by atoms with Crippen LogP contribution in [0.3, 0.4) is 0 Å². The number of hydrogen-bond donors (Lipinski definition) is 0. The Balaban J connectivity index is 1.15. The van der Waals surface area contributed by atoms with E-state index in [4.69, 9.17) is 9.15 Å². The van der Waals surface area contributed by atoms with Crippen molar-refractivity contribution in [1.29, 1.82) is 0 Å². The van der Waals surface area contributed by atoms with Gasteiger partial charge in [0.2, 0.25) is 0 Å². The molecule has 11 rings (SSSR count). The monoisotopic (exact) mass is 655 g/mol. The first kappa shape index (κ1) is 28.5. The van der Waals surface area contributed by atoms with Crippen LogP contribution in [0.15, 0.2) is 174 Å². The van der Waals surface area contributed by atoms with Crippen molar-refractivity contribution in [2.24, 2.45) is 0 Å². The number of nitrogens with zero attached hydrogens (tertiary/aromatic N) is 1. The standard InChI is InChI=1S/C48H33NO2/c1-4-14-30(15-5-1)43-44(31-16-6-2-7-17-31)46-38-29-33(25-27-42(38)51-48(46)47-45(43)36-21-11-13-23-41(36)50-47)32-24-26-40-37(28-32)35-20-10-12-22-39(35)49(40)34-18-8-3-9-19-34/h1-14,16-30,38,42H,15H2. The van der Waals surface area contributed by atoms with Crippen LogP contribution in [0.2, 0.25) is 0 Å². The lowest BCUT2D eigenvalue weighted by Crippen LogP contribution is -2.17. The van der Waals surface area contributed by atoms with Crippen LogP contribution >= 0.6 is 0 Å². The summed E-state index contributed by atoms with van der Waals surface area (Å²) in [6, 6.07) is 45.6. The molecule has 8 aromatic rings. The van der Waals surface area contributed by atoms with Gasteiger partial charge >= 0.3 is 0 Å². The quantitative estimate of drug-likeness (QED) is 0.189. The molecule has 3 unspecified atom stereocenters. The van der Waals surface area contributed by atoms with E-state index in [0.717, 1.165) is 28.7 Å². The molecular formula is C48H33NO2. The van der Waals surface area contributed by atoms with Crippen molar-refractivity contribution >= 4 is 49.3 Å². The summed E-state index contributed by atoms with van der Waals surface area (Å²) in [6.07, 6.45) is 16.7. The average Bonchev–Trinajstić information content (AvgIpc) is 3.88. The van der Waals surface area contributed by atoms with Crippen LogP contribution in [0.4, 0.5) is 0 Å². The Kier molecular flexibility index (Phi) is 6.20. The minimum Gasteiger partial charge on any atom is -0.481 e. The number of benzene rings is 6. The molecule has 51 heavy (non-hydrogen) atoms. The number of rotatable bonds is 4. The van der Waals surface area contributed by atoms with Gasteiger partial charge in [0, 0.05) is 44.6 Å². The summed E-state index contributed by atoms with van der Waals surface area (Å²) in [5.74, 6) is 1.11. The Hall–Kier alpha value is -6.32. The van der Waals surface area contributed by atoms with Crippen molar-refractivity contribution < 1.29 is 9.15 Å². The lowest BCUT2D eigenvalue weighted by Gasteiger charge is -2.24. The van der Waals surface area contributed by atoms with Gasteiger partial charge in [0.15, 0.2) is 11.3 Å². The molecule has 1 aliphatic heterocycles.